The summed E-state index contributed by atoms with van der Waals surface area (Å²) in [5.41, 5.74) is 0.663. The van der Waals surface area contributed by atoms with E-state index in [2.05, 4.69) is 5.32 Å². The Morgan fingerprint density at radius 1 is 1.44 bits per heavy atom. The van der Waals surface area contributed by atoms with Gasteiger partial charge in [0.25, 0.3) is 0 Å². The van der Waals surface area contributed by atoms with Crippen LogP contribution in [0.25, 0.3) is 0 Å². The Balaban J connectivity index is 2.63. The number of fused-ring (bicyclic) bond motifs is 1. The van der Waals surface area contributed by atoms with Gasteiger partial charge in [0.1, 0.15) is 11.7 Å². The molecule has 0 fully saturated rings. The second-order valence-corrected chi connectivity index (χ2v) is 3.83. The van der Waals surface area contributed by atoms with Crippen molar-refractivity contribution in [2.45, 2.75) is 11.8 Å². The van der Waals surface area contributed by atoms with E-state index in [9.17, 15) is 9.59 Å². The van der Waals surface area contributed by atoms with Crippen molar-refractivity contribution in [2.75, 3.05) is 7.05 Å². The monoisotopic (exact) mass is 215 g/mol. The largest absolute Gasteiger partial charge is 0.358 e. The van der Waals surface area contributed by atoms with Crippen LogP contribution in [0.4, 0.5) is 0 Å². The molecule has 0 unspecified atom stereocenters. The van der Waals surface area contributed by atoms with Crippen LogP contribution in [0.1, 0.15) is 11.1 Å². The lowest BCUT2D eigenvalue weighted by atomic mass is 9.74. The fourth-order valence-electron chi connectivity index (χ4n) is 2.12. The number of hydrogen-bond donors (Lipinski definition) is 1. The van der Waals surface area contributed by atoms with E-state index in [0.29, 0.717) is 6.29 Å². The summed E-state index contributed by atoms with van der Waals surface area (Å²) in [4.78, 5) is 23.2. The molecule has 0 aromatic heterocycles. The van der Waals surface area contributed by atoms with Crippen LogP contribution in [-0.4, -0.2) is 19.2 Å². The summed E-state index contributed by atoms with van der Waals surface area (Å²) in [6, 6.07) is 7.54. The highest BCUT2D eigenvalue weighted by molar-refractivity contribution is 6.06. The fourth-order valence-corrected chi connectivity index (χ4v) is 2.12. The number of hydrogen-bond acceptors (Lipinski definition) is 2. The Morgan fingerprint density at radius 3 is 2.88 bits per heavy atom. The Kier molecular flexibility index (Phi) is 2.60. The molecule has 0 spiro atoms. The van der Waals surface area contributed by atoms with Crippen molar-refractivity contribution in [1.82, 2.24) is 5.32 Å². The van der Waals surface area contributed by atoms with E-state index >= 15 is 0 Å². The molecule has 0 saturated carbocycles. The molecule has 1 aliphatic carbocycles. The van der Waals surface area contributed by atoms with E-state index in [0.717, 1.165) is 17.5 Å². The lowest BCUT2D eigenvalue weighted by Crippen LogP contribution is -2.44. The standard InChI is InChI=1S/C13H13NO2/c1-14-12(16)13(9-15)8-4-6-10-5-2-3-7-11(10)13/h2-5,7-9H,6H2,1H3,(H,14,16)/t13-/m0/s1. The number of carbonyl (C=O) groups excluding carboxylic acids is 2. The first kappa shape index (κ1) is 10.6. The van der Waals surface area contributed by atoms with Gasteiger partial charge in [-0.25, -0.2) is 0 Å². The second-order valence-electron chi connectivity index (χ2n) is 3.83. The minimum absolute atomic E-state index is 0.286. The van der Waals surface area contributed by atoms with E-state index < -0.39 is 5.41 Å². The van der Waals surface area contributed by atoms with Crippen molar-refractivity contribution in [3.8, 4) is 0 Å². The van der Waals surface area contributed by atoms with Gasteiger partial charge in [-0.05, 0) is 17.5 Å². The zero-order valence-electron chi connectivity index (χ0n) is 9.07. The van der Waals surface area contributed by atoms with Gasteiger partial charge in [-0.1, -0.05) is 36.4 Å². The predicted octanol–water partition coefficient (Wildman–Crippen LogP) is 0.982. The fraction of sp³-hybridized carbons (Fsp3) is 0.231. The van der Waals surface area contributed by atoms with E-state index in [4.69, 9.17) is 0 Å². The molecule has 1 aliphatic rings. The van der Waals surface area contributed by atoms with Gasteiger partial charge in [0.05, 0.1) is 0 Å². The smallest absolute Gasteiger partial charge is 0.241 e. The molecule has 0 aliphatic heterocycles. The van der Waals surface area contributed by atoms with Crippen LogP contribution in [0, 0.1) is 0 Å². The number of likely N-dealkylation sites (N-methyl/N-ethyl adjacent to an activating group) is 1. The van der Waals surface area contributed by atoms with Crippen LogP contribution in [0.2, 0.25) is 0 Å². The molecule has 0 heterocycles. The molecule has 1 aromatic rings. The van der Waals surface area contributed by atoms with Crippen molar-refractivity contribution >= 4 is 12.2 Å². The maximum atomic E-state index is 11.9. The Hall–Kier alpha value is -1.90. The third-order valence-electron chi connectivity index (χ3n) is 2.97. The van der Waals surface area contributed by atoms with Gasteiger partial charge in [-0.3, -0.25) is 4.79 Å². The van der Waals surface area contributed by atoms with E-state index in [-0.39, 0.29) is 5.91 Å². The zero-order valence-corrected chi connectivity index (χ0v) is 9.07. The highest BCUT2D eigenvalue weighted by Crippen LogP contribution is 2.31. The first-order valence-electron chi connectivity index (χ1n) is 5.19. The number of allylic oxidation sites excluding steroid dienone is 1. The molecule has 1 amide bonds. The summed E-state index contributed by atoms with van der Waals surface area (Å²) in [6.07, 6.45) is 5.02. The zero-order chi connectivity index (χ0) is 11.6. The van der Waals surface area contributed by atoms with Gasteiger partial charge in [-0.15, -0.1) is 0 Å². The number of amides is 1. The van der Waals surface area contributed by atoms with Crippen LogP contribution in [0.15, 0.2) is 36.4 Å². The third-order valence-corrected chi connectivity index (χ3v) is 2.97. The van der Waals surface area contributed by atoms with Crippen LogP contribution in [0.3, 0.4) is 0 Å². The molecule has 1 aromatic carbocycles. The molecule has 1 N–H and O–H groups in total. The number of benzene rings is 1. The minimum atomic E-state index is -1.15. The second kappa shape index (κ2) is 3.93. The molecule has 1 atom stereocenters. The summed E-state index contributed by atoms with van der Waals surface area (Å²) in [5.74, 6) is -0.286. The first-order chi connectivity index (χ1) is 7.74. The maximum Gasteiger partial charge on any atom is 0.241 e. The molecule has 2 rings (SSSR count). The lowest BCUT2D eigenvalue weighted by Gasteiger charge is -2.28. The number of nitrogens with one attached hydrogen (secondary N) is 1. The van der Waals surface area contributed by atoms with Crippen LogP contribution in [-0.2, 0) is 21.4 Å². The average Bonchev–Trinajstić information content (AvgIpc) is 2.37. The number of aldehydes is 1. The van der Waals surface area contributed by atoms with Gasteiger partial charge in [0.15, 0.2) is 0 Å². The van der Waals surface area contributed by atoms with Crippen LogP contribution < -0.4 is 5.32 Å². The first-order valence-corrected chi connectivity index (χ1v) is 5.19. The topological polar surface area (TPSA) is 46.2 Å². The van der Waals surface area contributed by atoms with Crippen LogP contribution >= 0.6 is 0 Å². The van der Waals surface area contributed by atoms with Gasteiger partial charge in [0.2, 0.25) is 5.91 Å². The molecule has 82 valence electrons. The van der Waals surface area contributed by atoms with E-state index in [1.807, 2.05) is 30.3 Å². The number of carbonyl (C=O) groups is 2. The maximum absolute atomic E-state index is 11.9. The quantitative estimate of drug-likeness (QED) is 0.454. The van der Waals surface area contributed by atoms with Gasteiger partial charge in [0, 0.05) is 7.05 Å². The molecule has 0 radical (unpaired) electrons. The highest BCUT2D eigenvalue weighted by atomic mass is 16.2. The van der Waals surface area contributed by atoms with E-state index in [1.165, 1.54) is 0 Å². The Labute approximate surface area is 94.2 Å². The molecule has 0 bridgehead atoms. The number of rotatable bonds is 2. The van der Waals surface area contributed by atoms with E-state index in [1.54, 1.807) is 13.1 Å². The summed E-state index contributed by atoms with van der Waals surface area (Å²) in [5, 5.41) is 2.55. The van der Waals surface area contributed by atoms with Crippen molar-refractivity contribution in [3.05, 3.63) is 47.5 Å². The van der Waals surface area contributed by atoms with Crippen molar-refractivity contribution in [2.24, 2.45) is 0 Å². The molecule has 16 heavy (non-hydrogen) atoms. The van der Waals surface area contributed by atoms with Crippen LogP contribution in [0.5, 0.6) is 0 Å². The summed E-state index contributed by atoms with van der Waals surface area (Å²) in [7, 11) is 1.54. The summed E-state index contributed by atoms with van der Waals surface area (Å²) < 4.78 is 0. The summed E-state index contributed by atoms with van der Waals surface area (Å²) >= 11 is 0. The van der Waals surface area contributed by atoms with Crippen molar-refractivity contribution in [3.63, 3.8) is 0 Å². The molecular weight excluding hydrogens is 202 g/mol. The lowest BCUT2D eigenvalue weighted by molar-refractivity contribution is -0.128. The molecule has 3 nitrogen and oxygen atoms in total. The SMILES string of the molecule is CNC(=O)[C@]1(C=O)C=CCc2ccccc21. The van der Waals surface area contributed by atoms with Crippen molar-refractivity contribution in [1.29, 1.82) is 0 Å². The highest BCUT2D eigenvalue weighted by Gasteiger charge is 2.39. The van der Waals surface area contributed by atoms with Gasteiger partial charge >= 0.3 is 0 Å². The Morgan fingerprint density at radius 2 is 2.19 bits per heavy atom. The normalized spacial score (nSPS) is 22.3. The van der Waals surface area contributed by atoms with Gasteiger partial charge < -0.3 is 10.1 Å². The third kappa shape index (κ3) is 1.36. The summed E-state index contributed by atoms with van der Waals surface area (Å²) in [6.45, 7) is 0. The molecule has 0 saturated heterocycles. The minimum Gasteiger partial charge on any atom is -0.358 e. The molecular formula is C13H13NO2. The van der Waals surface area contributed by atoms with Crippen molar-refractivity contribution < 1.29 is 9.59 Å². The average molecular weight is 215 g/mol. The predicted molar refractivity (Wildman–Crippen MR) is 61.1 cm³/mol. The van der Waals surface area contributed by atoms with Gasteiger partial charge in [-0.2, -0.15) is 0 Å². The Bertz CT molecular complexity index is 465. The molecule has 3 heteroatoms.